The second-order valence-corrected chi connectivity index (χ2v) is 7.75. The van der Waals surface area contributed by atoms with Crippen LogP contribution in [0.1, 0.15) is 59.7 Å². The van der Waals surface area contributed by atoms with Gasteiger partial charge in [-0.15, -0.1) is 11.3 Å². The molecule has 1 aromatic heterocycles. The van der Waals surface area contributed by atoms with Gasteiger partial charge in [-0.25, -0.2) is 0 Å². The van der Waals surface area contributed by atoms with Crippen LogP contribution in [-0.4, -0.2) is 5.91 Å². The highest BCUT2D eigenvalue weighted by atomic mass is 32.1. The third-order valence-electron chi connectivity index (χ3n) is 4.55. The number of fused-ring (bicyclic) bond motifs is 1. The molecule has 1 heterocycles. The summed E-state index contributed by atoms with van der Waals surface area (Å²) < 4.78 is 0. The predicted molar refractivity (Wildman–Crippen MR) is 98.5 cm³/mol. The third kappa shape index (κ3) is 3.52. The lowest BCUT2D eigenvalue weighted by molar-refractivity contribution is -0.115. The van der Waals surface area contributed by atoms with E-state index in [0.29, 0.717) is 17.9 Å². The highest BCUT2D eigenvalue weighted by molar-refractivity contribution is 7.16. The first-order valence-electron chi connectivity index (χ1n) is 8.51. The van der Waals surface area contributed by atoms with E-state index < -0.39 is 0 Å². The summed E-state index contributed by atoms with van der Waals surface area (Å²) in [5, 5.41) is 13.1. The van der Waals surface area contributed by atoms with Gasteiger partial charge in [0, 0.05) is 4.88 Å². The summed E-state index contributed by atoms with van der Waals surface area (Å²) in [5.74, 6) is 0.436. The summed E-state index contributed by atoms with van der Waals surface area (Å²) in [6, 6.07) is 10.5. The molecule has 0 aliphatic heterocycles. The second kappa shape index (κ2) is 7.19. The molecule has 0 radical (unpaired) electrons. The van der Waals surface area contributed by atoms with Gasteiger partial charge in [-0.3, -0.25) is 4.79 Å². The first kappa shape index (κ1) is 16.7. The van der Waals surface area contributed by atoms with Crippen LogP contribution in [0.2, 0.25) is 0 Å². The summed E-state index contributed by atoms with van der Waals surface area (Å²) >= 11 is 1.58. The number of rotatable bonds is 4. The van der Waals surface area contributed by atoms with Crippen LogP contribution >= 0.6 is 11.3 Å². The van der Waals surface area contributed by atoms with E-state index >= 15 is 0 Å². The average molecular weight is 338 g/mol. The number of anilines is 1. The molecule has 3 rings (SSSR count). The predicted octanol–water partition coefficient (Wildman–Crippen LogP) is 4.80. The van der Waals surface area contributed by atoms with Crippen molar-refractivity contribution in [1.29, 1.82) is 5.26 Å². The zero-order chi connectivity index (χ0) is 17.1. The minimum Gasteiger partial charge on any atom is -0.316 e. The maximum Gasteiger partial charge on any atom is 0.229 e. The van der Waals surface area contributed by atoms with Crippen molar-refractivity contribution in [1.82, 2.24) is 0 Å². The first-order chi connectivity index (χ1) is 11.6. The molecule has 1 aliphatic carbocycles. The number of hydrogen-bond acceptors (Lipinski definition) is 3. The number of amides is 1. The monoisotopic (exact) mass is 338 g/mol. The van der Waals surface area contributed by atoms with Crippen LogP contribution in [0, 0.1) is 11.3 Å². The summed E-state index contributed by atoms with van der Waals surface area (Å²) in [6.45, 7) is 4.31. The molecule has 1 aromatic carbocycles. The van der Waals surface area contributed by atoms with E-state index in [9.17, 15) is 10.1 Å². The molecule has 0 saturated heterocycles. The molecule has 1 amide bonds. The maximum absolute atomic E-state index is 12.4. The smallest absolute Gasteiger partial charge is 0.229 e. The average Bonchev–Trinajstić information content (AvgIpc) is 2.92. The lowest BCUT2D eigenvalue weighted by Crippen LogP contribution is -2.14. The Kier molecular flexibility index (Phi) is 5.01. The summed E-state index contributed by atoms with van der Waals surface area (Å²) in [4.78, 5) is 13.6. The van der Waals surface area contributed by atoms with Crippen molar-refractivity contribution in [3.63, 3.8) is 0 Å². The van der Waals surface area contributed by atoms with E-state index in [1.54, 1.807) is 11.3 Å². The summed E-state index contributed by atoms with van der Waals surface area (Å²) in [5.41, 5.74) is 4.11. The van der Waals surface area contributed by atoms with Crippen LogP contribution in [0.5, 0.6) is 0 Å². The number of aryl methyl sites for hydroxylation is 1. The van der Waals surface area contributed by atoms with Crippen LogP contribution < -0.4 is 5.32 Å². The second-order valence-electron chi connectivity index (χ2n) is 6.65. The van der Waals surface area contributed by atoms with Gasteiger partial charge in [-0.05, 0) is 48.3 Å². The zero-order valence-corrected chi connectivity index (χ0v) is 15.0. The minimum absolute atomic E-state index is 0.0533. The molecule has 2 aromatic rings. The molecule has 1 N–H and O–H groups in total. The van der Waals surface area contributed by atoms with Gasteiger partial charge >= 0.3 is 0 Å². The molecular formula is C20H22N2OS. The largest absolute Gasteiger partial charge is 0.316 e. The highest BCUT2D eigenvalue weighted by Gasteiger charge is 2.21. The normalized spacial score (nSPS) is 13.4. The summed E-state index contributed by atoms with van der Waals surface area (Å²) in [7, 11) is 0. The van der Waals surface area contributed by atoms with Crippen molar-refractivity contribution in [2.45, 2.75) is 51.9 Å². The number of carbonyl (C=O) groups excluding carboxylic acids is 1. The molecular weight excluding hydrogens is 316 g/mol. The Morgan fingerprint density at radius 3 is 2.62 bits per heavy atom. The number of nitrogens with zero attached hydrogens (tertiary/aromatic N) is 1. The van der Waals surface area contributed by atoms with Crippen LogP contribution in [0.3, 0.4) is 0 Å². The summed E-state index contributed by atoms with van der Waals surface area (Å²) in [6.07, 6.45) is 4.64. The minimum atomic E-state index is -0.0533. The molecule has 4 heteroatoms. The van der Waals surface area contributed by atoms with Gasteiger partial charge in [0.1, 0.15) is 11.1 Å². The van der Waals surface area contributed by atoms with Crippen molar-refractivity contribution in [2.24, 2.45) is 0 Å². The fourth-order valence-electron chi connectivity index (χ4n) is 3.15. The topological polar surface area (TPSA) is 52.9 Å². The molecule has 0 atom stereocenters. The number of nitriles is 1. The number of carbonyl (C=O) groups is 1. The van der Waals surface area contributed by atoms with Gasteiger partial charge in [0.05, 0.1) is 12.0 Å². The Morgan fingerprint density at radius 2 is 1.96 bits per heavy atom. The van der Waals surface area contributed by atoms with Crippen LogP contribution in [0.25, 0.3) is 0 Å². The molecule has 124 valence electrons. The molecule has 24 heavy (non-hydrogen) atoms. The molecule has 0 unspecified atom stereocenters. The van der Waals surface area contributed by atoms with Gasteiger partial charge in [0.2, 0.25) is 5.91 Å². The SMILES string of the molecule is CC(C)c1ccc(CC(=O)Nc2sc3c(c2C#N)CCCC3)cc1. The van der Waals surface area contributed by atoms with Gasteiger partial charge < -0.3 is 5.32 Å². The number of thiophene rings is 1. The number of nitrogens with one attached hydrogen (secondary N) is 1. The lowest BCUT2D eigenvalue weighted by Gasteiger charge is -2.09. The van der Waals surface area contributed by atoms with Crippen LogP contribution in [0.15, 0.2) is 24.3 Å². The Hall–Kier alpha value is -2.12. The van der Waals surface area contributed by atoms with Gasteiger partial charge in [-0.2, -0.15) is 5.26 Å². The quantitative estimate of drug-likeness (QED) is 0.870. The Morgan fingerprint density at radius 1 is 1.25 bits per heavy atom. The number of benzene rings is 1. The van der Waals surface area contributed by atoms with Crippen molar-refractivity contribution < 1.29 is 4.79 Å². The van der Waals surface area contributed by atoms with Crippen molar-refractivity contribution in [3.8, 4) is 6.07 Å². The maximum atomic E-state index is 12.4. The number of hydrogen-bond donors (Lipinski definition) is 1. The molecule has 0 saturated carbocycles. The fraction of sp³-hybridized carbons (Fsp3) is 0.400. The van der Waals surface area contributed by atoms with Gasteiger partial charge in [0.25, 0.3) is 0 Å². The van der Waals surface area contributed by atoms with E-state index in [1.807, 2.05) is 12.1 Å². The zero-order valence-electron chi connectivity index (χ0n) is 14.2. The van der Waals surface area contributed by atoms with E-state index in [4.69, 9.17) is 0 Å². The molecule has 0 bridgehead atoms. The first-order valence-corrected chi connectivity index (χ1v) is 9.33. The van der Waals surface area contributed by atoms with Crippen LogP contribution in [0.4, 0.5) is 5.00 Å². The van der Waals surface area contributed by atoms with E-state index in [-0.39, 0.29) is 5.91 Å². The molecule has 0 fully saturated rings. The van der Waals surface area contributed by atoms with Crippen molar-refractivity contribution >= 4 is 22.2 Å². The third-order valence-corrected chi connectivity index (χ3v) is 5.75. The molecule has 1 aliphatic rings. The van der Waals surface area contributed by atoms with E-state index in [2.05, 4.69) is 37.4 Å². The van der Waals surface area contributed by atoms with Gasteiger partial charge in [-0.1, -0.05) is 38.1 Å². The van der Waals surface area contributed by atoms with E-state index in [0.717, 1.165) is 35.4 Å². The lowest BCUT2D eigenvalue weighted by atomic mass is 9.96. The van der Waals surface area contributed by atoms with Crippen molar-refractivity contribution in [2.75, 3.05) is 5.32 Å². The Labute approximate surface area is 147 Å². The van der Waals surface area contributed by atoms with Crippen molar-refractivity contribution in [3.05, 3.63) is 51.4 Å². The molecule has 0 spiro atoms. The highest BCUT2D eigenvalue weighted by Crippen LogP contribution is 2.37. The standard InChI is InChI=1S/C20H22N2OS/c1-13(2)15-9-7-14(8-10-15)11-19(23)22-20-17(12-21)16-5-3-4-6-18(16)24-20/h7-10,13H,3-6,11H2,1-2H3,(H,22,23). The Bertz CT molecular complexity index is 781. The fourth-order valence-corrected chi connectivity index (χ4v) is 4.40. The Balaban J connectivity index is 1.71. The van der Waals surface area contributed by atoms with Crippen LogP contribution in [-0.2, 0) is 24.1 Å². The van der Waals surface area contributed by atoms with E-state index in [1.165, 1.54) is 16.9 Å². The van der Waals surface area contributed by atoms with Gasteiger partial charge in [0.15, 0.2) is 0 Å². The molecule has 3 nitrogen and oxygen atoms in total.